The van der Waals surface area contributed by atoms with Crippen LogP contribution in [0.5, 0.6) is 0 Å². The number of halogens is 1. The first-order chi connectivity index (χ1) is 5.59. The zero-order valence-corrected chi connectivity index (χ0v) is 7.84. The quantitative estimate of drug-likeness (QED) is 0.560. The van der Waals surface area contributed by atoms with Gasteiger partial charge in [0.1, 0.15) is 6.20 Å². The second-order valence-corrected chi connectivity index (χ2v) is 3.86. The molecule has 2 heterocycles. The highest BCUT2D eigenvalue weighted by Gasteiger charge is 2.26. The molecule has 0 bridgehead atoms. The van der Waals surface area contributed by atoms with Gasteiger partial charge in [0.25, 0.3) is 0 Å². The van der Waals surface area contributed by atoms with E-state index in [4.69, 9.17) is 11.6 Å². The minimum absolute atomic E-state index is 0.695. The predicted octanol–water partition coefficient (Wildman–Crippen LogP) is 2.29. The summed E-state index contributed by atoms with van der Waals surface area (Å²) in [5.74, 6) is 1.06. The summed E-state index contributed by atoms with van der Waals surface area (Å²) in [7, 11) is 4.17. The van der Waals surface area contributed by atoms with Gasteiger partial charge in [-0.2, -0.15) is 0 Å². The first-order valence-electron chi connectivity index (χ1n) is 3.79. The summed E-state index contributed by atoms with van der Waals surface area (Å²) in [6, 6.07) is 1.94. The standard InChI is InChI=1S/C9H10ClN2/c1-12(2)4-3-7-5-8(10)6-11-9(7)12/h3-6H,1-2H3/q+1. The topological polar surface area (TPSA) is 12.9 Å². The van der Waals surface area contributed by atoms with Gasteiger partial charge in [-0.05, 0) is 6.07 Å². The molecule has 0 N–H and O–H groups in total. The summed E-state index contributed by atoms with van der Waals surface area (Å²) in [5.41, 5.74) is 1.12. The molecule has 0 amide bonds. The van der Waals surface area contributed by atoms with Gasteiger partial charge in [0.2, 0.25) is 5.82 Å². The summed E-state index contributed by atoms with van der Waals surface area (Å²) in [4.78, 5) is 4.29. The second-order valence-electron chi connectivity index (χ2n) is 3.42. The normalized spacial score (nSPS) is 17.9. The number of quaternary nitrogens is 1. The maximum absolute atomic E-state index is 5.81. The van der Waals surface area contributed by atoms with E-state index in [2.05, 4.69) is 25.3 Å². The molecule has 1 aromatic heterocycles. The van der Waals surface area contributed by atoms with E-state index in [0.29, 0.717) is 9.51 Å². The average Bonchev–Trinajstić information content (AvgIpc) is 2.27. The number of pyridine rings is 1. The molecule has 0 aromatic carbocycles. The molecule has 0 atom stereocenters. The Morgan fingerprint density at radius 2 is 2.17 bits per heavy atom. The van der Waals surface area contributed by atoms with Crippen LogP contribution in [-0.4, -0.2) is 19.1 Å². The first kappa shape index (κ1) is 7.77. The number of hydrogen-bond donors (Lipinski definition) is 0. The van der Waals surface area contributed by atoms with Gasteiger partial charge in [-0.1, -0.05) is 11.6 Å². The summed E-state index contributed by atoms with van der Waals surface area (Å²) in [5, 5.41) is 0.695. The van der Waals surface area contributed by atoms with E-state index in [0.717, 1.165) is 11.4 Å². The molecule has 1 aromatic rings. The zero-order chi connectivity index (χ0) is 8.77. The lowest BCUT2D eigenvalue weighted by molar-refractivity contribution is 0.536. The number of rotatable bonds is 0. The van der Waals surface area contributed by atoms with Crippen molar-refractivity contribution in [1.82, 2.24) is 9.47 Å². The van der Waals surface area contributed by atoms with Crippen LogP contribution in [0.4, 0.5) is 5.82 Å². The molecule has 3 heteroatoms. The molecule has 0 saturated carbocycles. The largest absolute Gasteiger partial charge is 0.253 e. The lowest BCUT2D eigenvalue weighted by Crippen LogP contribution is -2.32. The summed E-state index contributed by atoms with van der Waals surface area (Å²) in [6.07, 6.45) is 5.83. The number of hydrogen-bond acceptors (Lipinski definition) is 1. The van der Waals surface area contributed by atoms with Crippen molar-refractivity contribution in [2.45, 2.75) is 0 Å². The maximum Gasteiger partial charge on any atom is 0.239 e. The second kappa shape index (κ2) is 2.31. The van der Waals surface area contributed by atoms with Crippen LogP contribution in [0.15, 0.2) is 18.5 Å². The third kappa shape index (κ3) is 1.04. The third-order valence-corrected chi connectivity index (χ3v) is 2.24. The monoisotopic (exact) mass is 181 g/mol. The molecule has 0 saturated heterocycles. The number of fused-ring (bicyclic) bond motifs is 1. The highest BCUT2D eigenvalue weighted by Crippen LogP contribution is 2.31. The first-order valence-corrected chi connectivity index (χ1v) is 4.16. The van der Waals surface area contributed by atoms with Gasteiger partial charge in [-0.3, -0.25) is 4.48 Å². The molecule has 0 fully saturated rings. The zero-order valence-electron chi connectivity index (χ0n) is 7.08. The van der Waals surface area contributed by atoms with Crippen molar-refractivity contribution < 1.29 is 0 Å². The Hall–Kier alpha value is -0.860. The van der Waals surface area contributed by atoms with Gasteiger partial charge in [0.15, 0.2) is 0 Å². The van der Waals surface area contributed by atoms with Crippen LogP contribution in [0.3, 0.4) is 0 Å². The highest BCUT2D eigenvalue weighted by molar-refractivity contribution is 6.30. The molecule has 0 radical (unpaired) electrons. The third-order valence-electron chi connectivity index (χ3n) is 2.03. The Bertz CT molecular complexity index is 356. The van der Waals surface area contributed by atoms with Crippen LogP contribution in [0.1, 0.15) is 5.56 Å². The molecular formula is C9H10ClN2+. The molecule has 0 spiro atoms. The van der Waals surface area contributed by atoms with Crippen molar-refractivity contribution in [1.29, 1.82) is 0 Å². The van der Waals surface area contributed by atoms with E-state index in [1.165, 1.54) is 0 Å². The molecule has 2 nitrogen and oxygen atoms in total. The molecule has 0 unspecified atom stereocenters. The van der Waals surface area contributed by atoms with Crippen LogP contribution in [0, 0.1) is 0 Å². The van der Waals surface area contributed by atoms with Gasteiger partial charge in [-0.15, -0.1) is 0 Å². The van der Waals surface area contributed by atoms with E-state index < -0.39 is 0 Å². The Kier molecular flexibility index (Phi) is 1.50. The molecule has 62 valence electrons. The number of aromatic nitrogens is 1. The maximum atomic E-state index is 5.81. The number of nitrogens with zero attached hydrogens (tertiary/aromatic N) is 2. The van der Waals surface area contributed by atoms with E-state index in [1.54, 1.807) is 6.20 Å². The molecule has 12 heavy (non-hydrogen) atoms. The van der Waals surface area contributed by atoms with Crippen LogP contribution in [-0.2, 0) is 0 Å². The molecule has 1 aliphatic rings. The van der Waals surface area contributed by atoms with Crippen LogP contribution in [0.2, 0.25) is 5.02 Å². The Morgan fingerprint density at radius 1 is 1.42 bits per heavy atom. The molecule has 1 aliphatic heterocycles. The van der Waals surface area contributed by atoms with Crippen molar-refractivity contribution in [2.75, 3.05) is 14.1 Å². The Labute approximate surface area is 76.7 Å². The summed E-state index contributed by atoms with van der Waals surface area (Å²) < 4.78 is 0.701. The van der Waals surface area contributed by atoms with Gasteiger partial charge in [-0.25, -0.2) is 4.98 Å². The van der Waals surface area contributed by atoms with Gasteiger partial charge < -0.3 is 0 Å². The molecule has 0 aliphatic carbocycles. The van der Waals surface area contributed by atoms with Crippen LogP contribution in [0.25, 0.3) is 6.08 Å². The van der Waals surface area contributed by atoms with Crippen molar-refractivity contribution in [3.8, 4) is 0 Å². The fraction of sp³-hybridized carbons (Fsp3) is 0.222. The highest BCUT2D eigenvalue weighted by atomic mass is 35.5. The van der Waals surface area contributed by atoms with Crippen molar-refractivity contribution in [3.05, 3.63) is 29.0 Å². The van der Waals surface area contributed by atoms with Crippen molar-refractivity contribution in [3.63, 3.8) is 0 Å². The van der Waals surface area contributed by atoms with Crippen molar-refractivity contribution >= 4 is 23.5 Å². The van der Waals surface area contributed by atoms with Crippen LogP contribution >= 0.6 is 11.6 Å². The average molecular weight is 182 g/mol. The lowest BCUT2D eigenvalue weighted by Gasteiger charge is -2.19. The summed E-state index contributed by atoms with van der Waals surface area (Å²) >= 11 is 5.81. The summed E-state index contributed by atoms with van der Waals surface area (Å²) in [6.45, 7) is 0. The van der Waals surface area contributed by atoms with E-state index >= 15 is 0 Å². The fourth-order valence-corrected chi connectivity index (χ4v) is 1.56. The van der Waals surface area contributed by atoms with Gasteiger partial charge in [0, 0.05) is 6.08 Å². The van der Waals surface area contributed by atoms with Gasteiger partial charge >= 0.3 is 0 Å². The van der Waals surface area contributed by atoms with E-state index in [9.17, 15) is 0 Å². The lowest BCUT2D eigenvalue weighted by atomic mass is 10.3. The fourth-order valence-electron chi connectivity index (χ4n) is 1.39. The van der Waals surface area contributed by atoms with E-state index in [1.807, 2.05) is 12.1 Å². The van der Waals surface area contributed by atoms with Gasteiger partial charge in [0.05, 0.1) is 30.9 Å². The van der Waals surface area contributed by atoms with E-state index in [-0.39, 0.29) is 0 Å². The molecular weight excluding hydrogens is 172 g/mol. The Morgan fingerprint density at radius 3 is 2.92 bits per heavy atom. The van der Waals surface area contributed by atoms with Crippen LogP contribution < -0.4 is 4.48 Å². The minimum atomic E-state index is 0.695. The predicted molar refractivity (Wildman–Crippen MR) is 51.9 cm³/mol. The smallest absolute Gasteiger partial charge is 0.239 e. The van der Waals surface area contributed by atoms with Crippen molar-refractivity contribution in [2.24, 2.45) is 0 Å². The Balaban J connectivity index is 2.62. The SMILES string of the molecule is C[N+]1(C)C=Cc2cc(Cl)cnc21. The minimum Gasteiger partial charge on any atom is -0.253 e. The molecule has 2 rings (SSSR count).